The Labute approximate surface area is 166 Å². The summed E-state index contributed by atoms with van der Waals surface area (Å²) < 4.78 is 12.2. The smallest absolute Gasteiger partial charge is 0.267 e. The Kier molecular flexibility index (Phi) is 5.16. The average Bonchev–Trinajstić information content (AvgIpc) is 2.75. The molecule has 1 aliphatic rings. The molecule has 0 radical (unpaired) electrons. The molecule has 0 saturated heterocycles. The first-order valence-corrected chi connectivity index (χ1v) is 10.0. The van der Waals surface area contributed by atoms with E-state index in [0.717, 1.165) is 10.5 Å². The van der Waals surface area contributed by atoms with Crippen molar-refractivity contribution in [1.82, 2.24) is 9.78 Å². The number of hydrogen-bond acceptors (Lipinski definition) is 6. The van der Waals surface area contributed by atoms with Crippen LogP contribution in [-0.2, 0) is 6.54 Å². The van der Waals surface area contributed by atoms with E-state index < -0.39 is 0 Å². The zero-order valence-corrected chi connectivity index (χ0v) is 16.1. The number of hydrogen-bond donors (Lipinski definition) is 0. The maximum atomic E-state index is 12.7. The fraction of sp³-hybridized carbons (Fsp3) is 0.190. The van der Waals surface area contributed by atoms with Gasteiger partial charge in [-0.15, -0.1) is 11.8 Å². The first-order valence-electron chi connectivity index (χ1n) is 8.79. The van der Waals surface area contributed by atoms with Gasteiger partial charge in [0, 0.05) is 22.1 Å². The van der Waals surface area contributed by atoms with Crippen LogP contribution in [0.15, 0.2) is 64.3 Å². The Morgan fingerprint density at radius 3 is 2.54 bits per heavy atom. The number of aromatic nitrogens is 2. The average molecular weight is 394 g/mol. The Balaban J connectivity index is 1.58. The first kappa shape index (κ1) is 18.3. The van der Waals surface area contributed by atoms with Gasteiger partial charge < -0.3 is 9.47 Å². The molecular formula is C21H18N2O4S. The molecule has 0 amide bonds. The van der Waals surface area contributed by atoms with Gasteiger partial charge in [-0.05, 0) is 42.7 Å². The SMILES string of the molecule is CSc1ccc(-c2ccc(=O)n(CC(=O)c3ccc4c(c3)OCCO4)n2)cc1. The van der Waals surface area contributed by atoms with Crippen LogP contribution >= 0.6 is 11.8 Å². The maximum Gasteiger partial charge on any atom is 0.267 e. The number of carbonyl (C=O) groups excluding carboxylic acids is 1. The molecule has 0 N–H and O–H groups in total. The van der Waals surface area contributed by atoms with Gasteiger partial charge in [-0.25, -0.2) is 4.68 Å². The van der Waals surface area contributed by atoms with Crippen LogP contribution in [-0.4, -0.2) is 35.0 Å². The summed E-state index contributed by atoms with van der Waals surface area (Å²) >= 11 is 1.65. The molecule has 4 rings (SSSR count). The van der Waals surface area contributed by atoms with Crippen molar-refractivity contribution in [3.8, 4) is 22.8 Å². The van der Waals surface area contributed by atoms with Crippen molar-refractivity contribution in [3.05, 3.63) is 70.5 Å². The quantitative estimate of drug-likeness (QED) is 0.489. The van der Waals surface area contributed by atoms with E-state index in [0.29, 0.717) is 36.0 Å². The van der Waals surface area contributed by atoms with E-state index in [1.807, 2.05) is 30.5 Å². The predicted octanol–water partition coefficient (Wildman–Crippen LogP) is 3.29. The van der Waals surface area contributed by atoms with E-state index >= 15 is 0 Å². The van der Waals surface area contributed by atoms with Gasteiger partial charge >= 0.3 is 0 Å². The number of nitrogens with zero attached hydrogens (tertiary/aromatic N) is 2. The lowest BCUT2D eigenvalue weighted by molar-refractivity contribution is 0.0964. The van der Waals surface area contributed by atoms with Crippen LogP contribution in [0.2, 0.25) is 0 Å². The lowest BCUT2D eigenvalue weighted by Crippen LogP contribution is -2.26. The van der Waals surface area contributed by atoms with Crippen LogP contribution < -0.4 is 15.0 Å². The highest BCUT2D eigenvalue weighted by molar-refractivity contribution is 7.98. The molecule has 7 heteroatoms. The molecule has 0 fully saturated rings. The van der Waals surface area contributed by atoms with Crippen molar-refractivity contribution in [2.45, 2.75) is 11.4 Å². The second kappa shape index (κ2) is 7.90. The highest BCUT2D eigenvalue weighted by Crippen LogP contribution is 2.31. The number of thioether (sulfide) groups is 1. The second-order valence-electron chi connectivity index (χ2n) is 6.22. The Morgan fingerprint density at radius 1 is 1.04 bits per heavy atom. The lowest BCUT2D eigenvalue weighted by atomic mass is 10.1. The summed E-state index contributed by atoms with van der Waals surface area (Å²) in [7, 11) is 0. The molecule has 0 unspecified atom stereocenters. The lowest BCUT2D eigenvalue weighted by Gasteiger charge is -2.18. The van der Waals surface area contributed by atoms with Crippen molar-refractivity contribution in [2.75, 3.05) is 19.5 Å². The van der Waals surface area contributed by atoms with E-state index in [2.05, 4.69) is 5.10 Å². The van der Waals surface area contributed by atoms with E-state index in [4.69, 9.17) is 9.47 Å². The van der Waals surface area contributed by atoms with Crippen molar-refractivity contribution >= 4 is 17.5 Å². The van der Waals surface area contributed by atoms with Crippen LogP contribution in [0.5, 0.6) is 11.5 Å². The Hall–Kier alpha value is -3.06. The maximum absolute atomic E-state index is 12.7. The number of ether oxygens (including phenoxy) is 2. The molecule has 142 valence electrons. The summed E-state index contributed by atoms with van der Waals surface area (Å²) in [6.07, 6.45) is 2.01. The van der Waals surface area contributed by atoms with Crippen LogP contribution in [0.1, 0.15) is 10.4 Å². The van der Waals surface area contributed by atoms with Gasteiger partial charge in [0.05, 0.1) is 5.69 Å². The van der Waals surface area contributed by atoms with E-state index in [1.54, 1.807) is 36.0 Å². The molecule has 0 saturated carbocycles. The number of benzene rings is 2. The monoisotopic (exact) mass is 394 g/mol. The molecule has 28 heavy (non-hydrogen) atoms. The highest BCUT2D eigenvalue weighted by atomic mass is 32.2. The summed E-state index contributed by atoms with van der Waals surface area (Å²) in [6, 6.07) is 16.0. The molecule has 2 aromatic carbocycles. The third kappa shape index (κ3) is 3.80. The topological polar surface area (TPSA) is 70.4 Å². The highest BCUT2D eigenvalue weighted by Gasteiger charge is 2.16. The molecule has 0 aliphatic carbocycles. The normalized spacial score (nSPS) is 12.6. The van der Waals surface area contributed by atoms with Crippen LogP contribution in [0.3, 0.4) is 0 Å². The van der Waals surface area contributed by atoms with Gasteiger partial charge in [-0.3, -0.25) is 9.59 Å². The van der Waals surface area contributed by atoms with E-state index in [-0.39, 0.29) is 17.9 Å². The summed E-state index contributed by atoms with van der Waals surface area (Å²) in [5, 5.41) is 4.37. The minimum Gasteiger partial charge on any atom is -0.486 e. The number of carbonyl (C=O) groups is 1. The molecule has 3 aromatic rings. The Morgan fingerprint density at radius 2 is 1.79 bits per heavy atom. The van der Waals surface area contributed by atoms with Gasteiger partial charge in [0.25, 0.3) is 5.56 Å². The number of ketones is 1. The zero-order chi connectivity index (χ0) is 19.5. The third-order valence-electron chi connectivity index (χ3n) is 4.41. The van der Waals surface area contributed by atoms with Gasteiger partial charge in [0.15, 0.2) is 17.3 Å². The van der Waals surface area contributed by atoms with Gasteiger partial charge in [0.2, 0.25) is 0 Å². The van der Waals surface area contributed by atoms with E-state index in [1.165, 1.54) is 10.7 Å². The van der Waals surface area contributed by atoms with Crippen LogP contribution in [0.4, 0.5) is 0 Å². The fourth-order valence-electron chi connectivity index (χ4n) is 2.92. The summed E-state index contributed by atoms with van der Waals surface area (Å²) in [4.78, 5) is 26.0. The molecule has 0 bridgehead atoms. The van der Waals surface area contributed by atoms with Crippen molar-refractivity contribution in [2.24, 2.45) is 0 Å². The summed E-state index contributed by atoms with van der Waals surface area (Å²) in [5.74, 6) is 0.940. The third-order valence-corrected chi connectivity index (χ3v) is 5.15. The van der Waals surface area contributed by atoms with Gasteiger partial charge in [-0.1, -0.05) is 12.1 Å². The number of fused-ring (bicyclic) bond motifs is 1. The first-order chi connectivity index (χ1) is 13.6. The van der Waals surface area contributed by atoms with Crippen molar-refractivity contribution < 1.29 is 14.3 Å². The predicted molar refractivity (Wildman–Crippen MR) is 107 cm³/mol. The second-order valence-corrected chi connectivity index (χ2v) is 7.10. The largest absolute Gasteiger partial charge is 0.486 e. The number of Topliss-reactive ketones (excluding diaryl/α,β-unsaturated/α-hetero) is 1. The van der Waals surface area contributed by atoms with Gasteiger partial charge in [0.1, 0.15) is 19.8 Å². The standard InChI is InChI=1S/C21H18N2O4S/c1-28-16-5-2-14(3-6-16)17-7-9-21(25)23(22-17)13-18(24)15-4-8-19-20(12-15)27-11-10-26-19/h2-9,12H,10-11,13H2,1H3. The molecule has 0 atom stereocenters. The summed E-state index contributed by atoms with van der Waals surface area (Å²) in [6.45, 7) is 0.794. The molecule has 1 aliphatic heterocycles. The van der Waals surface area contributed by atoms with Crippen LogP contribution in [0, 0.1) is 0 Å². The molecule has 2 heterocycles. The van der Waals surface area contributed by atoms with Gasteiger partial charge in [-0.2, -0.15) is 5.10 Å². The minimum atomic E-state index is -0.324. The molecule has 1 aromatic heterocycles. The molecule has 6 nitrogen and oxygen atoms in total. The zero-order valence-electron chi connectivity index (χ0n) is 15.3. The van der Waals surface area contributed by atoms with Crippen LogP contribution in [0.25, 0.3) is 11.3 Å². The minimum absolute atomic E-state index is 0.144. The van der Waals surface area contributed by atoms with E-state index in [9.17, 15) is 9.59 Å². The number of rotatable bonds is 5. The fourth-order valence-corrected chi connectivity index (χ4v) is 3.33. The Bertz CT molecular complexity index is 1080. The summed E-state index contributed by atoms with van der Waals surface area (Å²) in [5.41, 5.74) is 1.66. The van der Waals surface area contributed by atoms with Crippen molar-refractivity contribution in [1.29, 1.82) is 0 Å². The molecule has 0 spiro atoms. The van der Waals surface area contributed by atoms with Crippen molar-refractivity contribution in [3.63, 3.8) is 0 Å². The molecular weight excluding hydrogens is 376 g/mol.